The zero-order chi connectivity index (χ0) is 22.6. The lowest BCUT2D eigenvalue weighted by molar-refractivity contribution is -0.121. The fourth-order valence-electron chi connectivity index (χ4n) is 4.25. The van der Waals surface area contributed by atoms with Crippen molar-refractivity contribution in [1.82, 2.24) is 40.3 Å². The van der Waals surface area contributed by atoms with Crippen molar-refractivity contribution < 1.29 is 19.1 Å². The Bertz CT molecular complexity index is 957. The number of piperidine rings is 1. The van der Waals surface area contributed by atoms with Gasteiger partial charge in [-0.2, -0.15) is 5.10 Å². The third-order valence-electron chi connectivity index (χ3n) is 5.95. The molecule has 3 amide bonds. The molecule has 2 aromatic rings. The number of hydrogen-bond acceptors (Lipinski definition) is 7. The Morgan fingerprint density at radius 1 is 1.31 bits per heavy atom. The molecular weight excluding hydrogens is 416 g/mol. The van der Waals surface area contributed by atoms with Crippen LogP contribution in [0.4, 0.5) is 4.79 Å². The van der Waals surface area contributed by atoms with Crippen LogP contribution in [0.3, 0.4) is 0 Å². The summed E-state index contributed by atoms with van der Waals surface area (Å²) in [6, 6.07) is 1.58. The lowest BCUT2D eigenvalue weighted by Gasteiger charge is -2.44. The van der Waals surface area contributed by atoms with Crippen molar-refractivity contribution in [2.45, 2.75) is 51.6 Å². The highest BCUT2D eigenvalue weighted by molar-refractivity contribution is 5.92. The van der Waals surface area contributed by atoms with E-state index in [4.69, 9.17) is 9.47 Å². The van der Waals surface area contributed by atoms with Crippen molar-refractivity contribution >= 4 is 11.9 Å². The summed E-state index contributed by atoms with van der Waals surface area (Å²) >= 11 is 0. The summed E-state index contributed by atoms with van der Waals surface area (Å²) in [7, 11) is 1.60. The summed E-state index contributed by atoms with van der Waals surface area (Å²) in [5.41, 5.74) is 1.56. The SMILES string of the molecule is CCn1nccc1C(=O)NCc1nnn2c1COC1(CCCN(C(=O)NCCOC)C1)C2. The first-order valence-electron chi connectivity index (χ1n) is 10.9. The number of aromatic nitrogens is 5. The van der Waals surface area contributed by atoms with Gasteiger partial charge in [-0.15, -0.1) is 5.10 Å². The molecule has 1 spiro atoms. The zero-order valence-corrected chi connectivity index (χ0v) is 18.5. The Morgan fingerprint density at radius 2 is 2.19 bits per heavy atom. The van der Waals surface area contributed by atoms with Crippen LogP contribution in [0.15, 0.2) is 12.3 Å². The molecule has 2 aromatic heterocycles. The summed E-state index contributed by atoms with van der Waals surface area (Å²) in [4.78, 5) is 26.7. The first-order valence-corrected chi connectivity index (χ1v) is 10.9. The number of hydrogen-bond donors (Lipinski definition) is 2. The number of rotatable bonds is 7. The third-order valence-corrected chi connectivity index (χ3v) is 5.95. The lowest BCUT2D eigenvalue weighted by atomic mass is 9.91. The number of nitrogens with zero attached hydrogens (tertiary/aromatic N) is 6. The van der Waals surface area contributed by atoms with Gasteiger partial charge in [-0.3, -0.25) is 9.48 Å². The molecule has 0 aliphatic carbocycles. The molecule has 4 heterocycles. The number of methoxy groups -OCH3 is 1. The van der Waals surface area contributed by atoms with E-state index in [0.29, 0.717) is 57.3 Å². The van der Waals surface area contributed by atoms with E-state index in [2.05, 4.69) is 26.0 Å². The van der Waals surface area contributed by atoms with E-state index in [0.717, 1.165) is 18.5 Å². The second kappa shape index (κ2) is 9.65. The van der Waals surface area contributed by atoms with Crippen LogP contribution in [0.1, 0.15) is 41.6 Å². The Morgan fingerprint density at radius 3 is 3.00 bits per heavy atom. The molecule has 2 N–H and O–H groups in total. The summed E-state index contributed by atoms with van der Waals surface area (Å²) < 4.78 is 14.8. The van der Waals surface area contributed by atoms with Crippen molar-refractivity contribution in [1.29, 1.82) is 0 Å². The number of amides is 3. The maximum atomic E-state index is 12.5. The number of carbonyl (C=O) groups excluding carboxylic acids is 2. The van der Waals surface area contributed by atoms with Crippen LogP contribution in [0, 0.1) is 0 Å². The van der Waals surface area contributed by atoms with E-state index in [9.17, 15) is 9.59 Å². The lowest BCUT2D eigenvalue weighted by Crippen LogP contribution is -2.57. The molecule has 1 fully saturated rings. The molecule has 2 aliphatic rings. The van der Waals surface area contributed by atoms with E-state index in [-0.39, 0.29) is 18.5 Å². The van der Waals surface area contributed by atoms with Gasteiger partial charge in [0.05, 0.1) is 38.5 Å². The number of nitrogens with one attached hydrogen (secondary N) is 2. The third kappa shape index (κ3) is 4.60. The van der Waals surface area contributed by atoms with Crippen molar-refractivity contribution in [3.05, 3.63) is 29.3 Å². The van der Waals surface area contributed by atoms with E-state index in [1.54, 1.807) is 29.0 Å². The minimum absolute atomic E-state index is 0.108. The van der Waals surface area contributed by atoms with E-state index in [1.807, 2.05) is 11.6 Å². The number of ether oxygens (including phenoxy) is 2. The minimum atomic E-state index is -0.480. The highest BCUT2D eigenvalue weighted by Gasteiger charge is 2.42. The predicted octanol–water partition coefficient (Wildman–Crippen LogP) is 0.145. The molecule has 1 unspecified atom stereocenters. The first-order chi connectivity index (χ1) is 15.5. The molecule has 2 aliphatic heterocycles. The van der Waals surface area contributed by atoms with Crippen LogP contribution >= 0.6 is 0 Å². The molecule has 12 nitrogen and oxygen atoms in total. The predicted molar refractivity (Wildman–Crippen MR) is 113 cm³/mol. The zero-order valence-electron chi connectivity index (χ0n) is 18.5. The molecule has 0 radical (unpaired) electrons. The van der Waals surface area contributed by atoms with E-state index in [1.165, 1.54) is 0 Å². The molecule has 12 heteroatoms. The van der Waals surface area contributed by atoms with Gasteiger partial charge in [-0.1, -0.05) is 5.21 Å². The average Bonchev–Trinajstić information content (AvgIpc) is 3.44. The van der Waals surface area contributed by atoms with Crippen LogP contribution in [0.5, 0.6) is 0 Å². The van der Waals surface area contributed by atoms with Crippen LogP contribution in [-0.4, -0.2) is 80.6 Å². The number of urea groups is 1. The summed E-state index contributed by atoms with van der Waals surface area (Å²) in [6.07, 6.45) is 3.31. The van der Waals surface area contributed by atoms with Crippen molar-refractivity contribution in [3.8, 4) is 0 Å². The Balaban J connectivity index is 1.37. The molecule has 0 bridgehead atoms. The molecular formula is C20H30N8O4. The molecule has 174 valence electrons. The fourth-order valence-corrected chi connectivity index (χ4v) is 4.25. The van der Waals surface area contributed by atoms with E-state index >= 15 is 0 Å². The highest BCUT2D eigenvalue weighted by atomic mass is 16.5. The number of aryl methyl sites for hydroxylation is 1. The van der Waals surface area contributed by atoms with E-state index < -0.39 is 5.60 Å². The van der Waals surface area contributed by atoms with Gasteiger partial charge in [0.2, 0.25) is 0 Å². The van der Waals surface area contributed by atoms with Crippen LogP contribution < -0.4 is 10.6 Å². The standard InChI is InChI=1S/C20H30N8O4/c1-3-27-16(5-7-23-27)18(29)22-11-15-17-12-32-20(14-28(17)25-24-15)6-4-9-26(13-20)19(30)21-8-10-31-2/h5,7H,3-4,6,8-14H2,1-2H3,(H,21,30)(H,22,29). The van der Waals surface area contributed by atoms with Gasteiger partial charge < -0.3 is 25.0 Å². The molecule has 32 heavy (non-hydrogen) atoms. The quantitative estimate of drug-likeness (QED) is 0.579. The first kappa shape index (κ1) is 22.2. The average molecular weight is 447 g/mol. The van der Waals surface area contributed by atoms with Gasteiger partial charge in [-0.05, 0) is 25.8 Å². The fraction of sp³-hybridized carbons (Fsp3) is 0.650. The molecule has 0 aromatic carbocycles. The topological polar surface area (TPSA) is 128 Å². The Hall–Kier alpha value is -2.99. The molecule has 1 saturated heterocycles. The minimum Gasteiger partial charge on any atom is -0.383 e. The molecule has 4 rings (SSSR count). The summed E-state index contributed by atoms with van der Waals surface area (Å²) in [5, 5.41) is 18.4. The van der Waals surface area contributed by atoms with Gasteiger partial charge in [-0.25, -0.2) is 9.48 Å². The van der Waals surface area contributed by atoms with Crippen LogP contribution in [0.25, 0.3) is 0 Å². The summed E-state index contributed by atoms with van der Waals surface area (Å²) in [6.45, 7) is 5.81. The largest absolute Gasteiger partial charge is 0.383 e. The Kier molecular flexibility index (Phi) is 6.70. The Labute approximate surface area is 186 Å². The van der Waals surface area contributed by atoms with Gasteiger partial charge in [0.25, 0.3) is 5.91 Å². The maximum Gasteiger partial charge on any atom is 0.317 e. The van der Waals surface area contributed by atoms with Gasteiger partial charge in [0, 0.05) is 32.9 Å². The molecule has 1 atom stereocenters. The molecule has 0 saturated carbocycles. The van der Waals surface area contributed by atoms with Gasteiger partial charge >= 0.3 is 6.03 Å². The number of fused-ring (bicyclic) bond motifs is 1. The van der Waals surface area contributed by atoms with Crippen LogP contribution in [0.2, 0.25) is 0 Å². The second-order valence-electron chi connectivity index (χ2n) is 8.08. The highest BCUT2D eigenvalue weighted by Crippen LogP contribution is 2.32. The van der Waals surface area contributed by atoms with Crippen molar-refractivity contribution in [2.24, 2.45) is 0 Å². The second-order valence-corrected chi connectivity index (χ2v) is 8.08. The van der Waals surface area contributed by atoms with Crippen LogP contribution in [-0.2, 0) is 35.7 Å². The van der Waals surface area contributed by atoms with Gasteiger partial charge in [0.1, 0.15) is 17.0 Å². The summed E-state index contributed by atoms with van der Waals surface area (Å²) in [5.74, 6) is -0.207. The number of carbonyl (C=O) groups is 2. The monoisotopic (exact) mass is 446 g/mol. The number of likely N-dealkylation sites (tertiary alicyclic amines) is 1. The van der Waals surface area contributed by atoms with Crippen molar-refractivity contribution in [2.75, 3.05) is 33.4 Å². The van der Waals surface area contributed by atoms with Gasteiger partial charge in [0.15, 0.2) is 0 Å². The maximum absolute atomic E-state index is 12.5. The van der Waals surface area contributed by atoms with Crippen molar-refractivity contribution in [3.63, 3.8) is 0 Å². The smallest absolute Gasteiger partial charge is 0.317 e. The normalized spacial score (nSPS) is 20.2.